The largest absolute Gasteiger partial charge is 0.504 e. The maximum Gasteiger partial charge on any atom is 0.307 e. The van der Waals surface area contributed by atoms with Crippen molar-refractivity contribution < 1.29 is 24.2 Å². The van der Waals surface area contributed by atoms with Crippen LogP contribution in [0.3, 0.4) is 0 Å². The zero-order valence-corrected chi connectivity index (χ0v) is 19.8. The first-order chi connectivity index (χ1) is 16.3. The monoisotopic (exact) mass is 476 g/mol. The van der Waals surface area contributed by atoms with Crippen molar-refractivity contribution in [3.63, 3.8) is 0 Å². The molecule has 0 amide bonds. The minimum atomic E-state index is -0.875. The molecule has 0 aliphatic carbocycles. The number of furan rings is 1. The molecule has 0 radical (unpaired) electrons. The molecule has 0 fully saturated rings. The molecule has 0 saturated heterocycles. The Morgan fingerprint density at radius 2 is 1.68 bits per heavy atom. The van der Waals surface area contributed by atoms with E-state index >= 15 is 0 Å². The fourth-order valence-corrected chi connectivity index (χ4v) is 4.52. The lowest BCUT2D eigenvalue weighted by molar-refractivity contribution is -0.136. The maximum atomic E-state index is 11.0. The lowest BCUT2D eigenvalue weighted by atomic mass is 10.1. The number of aliphatic carboxylic acids is 1. The molecule has 34 heavy (non-hydrogen) atoms. The normalized spacial score (nSPS) is 10.9. The van der Waals surface area contributed by atoms with Gasteiger partial charge in [0.05, 0.1) is 13.5 Å². The second-order valence-electron chi connectivity index (χ2n) is 7.84. The summed E-state index contributed by atoms with van der Waals surface area (Å²) < 4.78 is 11.5. The van der Waals surface area contributed by atoms with Crippen molar-refractivity contribution in [2.24, 2.45) is 0 Å². The summed E-state index contributed by atoms with van der Waals surface area (Å²) in [6.07, 6.45) is -0.0380. The van der Waals surface area contributed by atoms with E-state index in [4.69, 9.17) is 14.3 Å². The van der Waals surface area contributed by atoms with E-state index in [9.17, 15) is 9.90 Å². The molecule has 4 aromatic rings. The van der Waals surface area contributed by atoms with Crippen molar-refractivity contribution in [1.82, 2.24) is 9.97 Å². The molecule has 0 spiro atoms. The minimum absolute atomic E-state index is 0.0380. The van der Waals surface area contributed by atoms with Gasteiger partial charge in [-0.15, -0.1) is 0 Å². The number of rotatable bonds is 8. The number of hydrogen-bond donors (Lipinski definition) is 2. The second kappa shape index (κ2) is 10.0. The summed E-state index contributed by atoms with van der Waals surface area (Å²) in [5, 5.41) is 19.7. The summed E-state index contributed by atoms with van der Waals surface area (Å²) in [6.45, 7) is 3.88. The molecule has 8 heteroatoms. The highest BCUT2D eigenvalue weighted by Gasteiger charge is 2.17. The van der Waals surface area contributed by atoms with Crippen LogP contribution in [0.1, 0.15) is 22.5 Å². The lowest BCUT2D eigenvalue weighted by Crippen LogP contribution is -1.99. The van der Waals surface area contributed by atoms with E-state index in [1.807, 2.05) is 38.1 Å². The molecule has 2 aromatic carbocycles. The van der Waals surface area contributed by atoms with Gasteiger partial charge in [-0.25, -0.2) is 9.97 Å². The van der Waals surface area contributed by atoms with Crippen molar-refractivity contribution in [3.8, 4) is 34.1 Å². The molecule has 4 rings (SSSR count). The van der Waals surface area contributed by atoms with E-state index in [-0.39, 0.29) is 12.2 Å². The zero-order chi connectivity index (χ0) is 24.2. The van der Waals surface area contributed by atoms with Crippen molar-refractivity contribution in [2.75, 3.05) is 7.11 Å². The van der Waals surface area contributed by atoms with Crippen molar-refractivity contribution in [1.29, 1.82) is 0 Å². The van der Waals surface area contributed by atoms with E-state index < -0.39 is 5.97 Å². The van der Waals surface area contributed by atoms with Crippen molar-refractivity contribution >= 4 is 17.7 Å². The average molecular weight is 477 g/mol. The average Bonchev–Trinajstić information content (AvgIpc) is 3.22. The Hall–Kier alpha value is -3.78. The fourth-order valence-electron chi connectivity index (χ4n) is 3.60. The number of aromatic hydroxyl groups is 1. The van der Waals surface area contributed by atoms with Gasteiger partial charge in [-0.1, -0.05) is 36.0 Å². The van der Waals surface area contributed by atoms with Crippen LogP contribution in [0.4, 0.5) is 0 Å². The van der Waals surface area contributed by atoms with E-state index in [2.05, 4.69) is 9.97 Å². The summed E-state index contributed by atoms with van der Waals surface area (Å²) in [7, 11) is 1.50. The molecule has 0 saturated carbocycles. The Morgan fingerprint density at radius 1 is 1.00 bits per heavy atom. The molecular weight excluding hydrogens is 452 g/mol. The van der Waals surface area contributed by atoms with E-state index in [1.54, 1.807) is 30.3 Å². The molecule has 0 aliphatic heterocycles. The first-order valence-corrected chi connectivity index (χ1v) is 11.6. The minimum Gasteiger partial charge on any atom is -0.504 e. The summed E-state index contributed by atoms with van der Waals surface area (Å²) in [5.74, 6) is 1.41. The van der Waals surface area contributed by atoms with E-state index in [0.29, 0.717) is 33.7 Å². The van der Waals surface area contributed by atoms with E-state index in [0.717, 1.165) is 28.1 Å². The van der Waals surface area contributed by atoms with Gasteiger partial charge in [0, 0.05) is 33.8 Å². The first kappa shape index (κ1) is 23.4. The van der Waals surface area contributed by atoms with Gasteiger partial charge < -0.3 is 19.4 Å². The highest BCUT2D eigenvalue weighted by atomic mass is 32.2. The van der Waals surface area contributed by atoms with Crippen molar-refractivity contribution in [3.05, 3.63) is 77.1 Å². The SMILES string of the molecule is COc1cc(-c2cc(CSc3nc(C)cc(C)n3)c(-c3ccc(CC(=O)O)cc3)o2)ccc1O. The number of hydrogen-bond acceptors (Lipinski definition) is 7. The number of aromatic nitrogens is 2. The number of ether oxygens (including phenoxy) is 1. The third-order valence-corrected chi connectivity index (χ3v) is 6.06. The number of carboxylic acids is 1. The van der Waals surface area contributed by atoms with E-state index in [1.165, 1.54) is 18.9 Å². The number of nitrogens with zero attached hydrogens (tertiary/aromatic N) is 2. The molecular formula is C26H24N2O5S. The predicted octanol–water partition coefficient (Wildman–Crippen LogP) is 5.65. The maximum absolute atomic E-state index is 11.0. The number of carbonyl (C=O) groups is 1. The van der Waals surface area contributed by atoms with Crippen LogP contribution in [-0.4, -0.2) is 33.3 Å². The molecule has 0 unspecified atom stereocenters. The number of methoxy groups -OCH3 is 1. The van der Waals surface area contributed by atoms with Crippen LogP contribution >= 0.6 is 11.8 Å². The zero-order valence-electron chi connectivity index (χ0n) is 19.0. The molecule has 7 nitrogen and oxygen atoms in total. The standard InChI is InChI=1S/C26H24N2O5S/c1-15-10-16(2)28-26(27-15)34-14-20-13-22(19-8-9-21(29)23(12-19)32-3)33-25(20)18-6-4-17(5-7-18)11-24(30)31/h4-10,12-13,29H,11,14H2,1-3H3,(H,30,31). The van der Waals surface area contributed by atoms with Gasteiger partial charge in [0.15, 0.2) is 16.7 Å². The van der Waals surface area contributed by atoms with Gasteiger partial charge >= 0.3 is 5.97 Å². The highest BCUT2D eigenvalue weighted by Crippen LogP contribution is 2.38. The molecule has 0 atom stereocenters. The van der Waals surface area contributed by atoms with Gasteiger partial charge in [-0.2, -0.15) is 0 Å². The Kier molecular flexibility index (Phi) is 6.88. The van der Waals surface area contributed by atoms with Crippen LogP contribution in [0.5, 0.6) is 11.5 Å². The van der Waals surface area contributed by atoms with Crippen LogP contribution in [0.2, 0.25) is 0 Å². The van der Waals surface area contributed by atoms with Crippen LogP contribution in [0, 0.1) is 13.8 Å². The molecule has 0 aliphatic rings. The molecule has 0 bridgehead atoms. The number of phenolic OH excluding ortho intramolecular Hbond substituents is 1. The predicted molar refractivity (Wildman–Crippen MR) is 130 cm³/mol. The van der Waals surface area contributed by atoms with Gasteiger partial charge in [0.1, 0.15) is 11.5 Å². The lowest BCUT2D eigenvalue weighted by Gasteiger charge is -2.05. The first-order valence-electron chi connectivity index (χ1n) is 10.6. The summed E-state index contributed by atoms with van der Waals surface area (Å²) in [5.41, 5.74) is 5.08. The smallest absolute Gasteiger partial charge is 0.307 e. The number of benzene rings is 2. The Morgan fingerprint density at radius 3 is 2.32 bits per heavy atom. The molecule has 2 aromatic heterocycles. The van der Waals surface area contributed by atoms with Crippen LogP contribution in [-0.2, 0) is 17.0 Å². The second-order valence-corrected chi connectivity index (χ2v) is 8.78. The quantitative estimate of drug-likeness (QED) is 0.248. The van der Waals surface area contributed by atoms with Gasteiger partial charge in [-0.3, -0.25) is 4.79 Å². The summed E-state index contributed by atoms with van der Waals surface area (Å²) >= 11 is 1.52. The fraction of sp³-hybridized carbons (Fsp3) is 0.192. The number of thioether (sulfide) groups is 1. The third-order valence-electron chi connectivity index (χ3n) is 5.16. The topological polar surface area (TPSA) is 106 Å². The highest BCUT2D eigenvalue weighted by molar-refractivity contribution is 7.98. The van der Waals surface area contributed by atoms with Gasteiger partial charge in [0.2, 0.25) is 0 Å². The third kappa shape index (κ3) is 5.40. The van der Waals surface area contributed by atoms with Gasteiger partial charge in [-0.05, 0) is 49.7 Å². The summed E-state index contributed by atoms with van der Waals surface area (Å²) in [6, 6.07) is 16.2. The number of aryl methyl sites for hydroxylation is 2. The number of phenols is 1. The van der Waals surface area contributed by atoms with Crippen molar-refractivity contribution in [2.45, 2.75) is 31.2 Å². The Balaban J connectivity index is 1.71. The molecule has 2 heterocycles. The van der Waals surface area contributed by atoms with Crippen LogP contribution in [0.25, 0.3) is 22.6 Å². The molecule has 174 valence electrons. The Labute approximate surface area is 201 Å². The van der Waals surface area contributed by atoms with Gasteiger partial charge in [0.25, 0.3) is 0 Å². The number of carboxylic acid groups (broad SMARTS) is 1. The molecule has 2 N–H and O–H groups in total. The summed E-state index contributed by atoms with van der Waals surface area (Å²) in [4.78, 5) is 20.0. The van der Waals surface area contributed by atoms with Crippen LogP contribution in [0.15, 0.2) is 64.2 Å². The van der Waals surface area contributed by atoms with Crippen LogP contribution < -0.4 is 4.74 Å². The Bertz CT molecular complexity index is 1310.